The van der Waals surface area contributed by atoms with Gasteiger partial charge in [-0.2, -0.15) is 0 Å². The van der Waals surface area contributed by atoms with E-state index in [1.807, 2.05) is 18.2 Å². The molecule has 78 valence electrons. The van der Waals surface area contributed by atoms with Gasteiger partial charge in [-0.3, -0.25) is 0 Å². The van der Waals surface area contributed by atoms with Crippen molar-refractivity contribution in [1.29, 1.82) is 0 Å². The van der Waals surface area contributed by atoms with Crippen LogP contribution in [0.5, 0.6) is 0 Å². The normalized spacial score (nSPS) is 14.1. The molecule has 0 heterocycles. The Hall–Kier alpha value is -0.240. The summed E-state index contributed by atoms with van der Waals surface area (Å²) in [5, 5.41) is 1.28. The van der Waals surface area contributed by atoms with E-state index in [1.54, 1.807) is 0 Å². The Morgan fingerprint density at radius 1 is 1.14 bits per heavy atom. The van der Waals surface area contributed by atoms with E-state index < -0.39 is 0 Å². The highest BCUT2D eigenvalue weighted by Gasteiger charge is 2.25. The van der Waals surface area contributed by atoms with Crippen LogP contribution in [-0.2, 0) is 0 Å². The number of rotatable bonds is 1. The Kier molecular flexibility index (Phi) is 3.46. The first-order valence-electron chi connectivity index (χ1n) is 4.53. The van der Waals surface area contributed by atoms with Crippen LogP contribution in [0.15, 0.2) is 18.2 Å². The Labute approximate surface area is 95.2 Å². The molecule has 0 saturated heterocycles. The van der Waals surface area contributed by atoms with Crippen molar-refractivity contribution in [2.45, 2.75) is 26.8 Å². The van der Waals surface area contributed by atoms with E-state index in [1.165, 1.54) is 0 Å². The van der Waals surface area contributed by atoms with Crippen molar-refractivity contribution in [1.82, 2.24) is 0 Å². The summed E-state index contributed by atoms with van der Waals surface area (Å²) in [6.45, 7) is 6.20. The lowest BCUT2D eigenvalue weighted by Gasteiger charge is -2.28. The Balaban J connectivity index is 3.19. The molecule has 1 aromatic rings. The maximum absolute atomic E-state index is 6.10. The molecule has 0 aliphatic heterocycles. The van der Waals surface area contributed by atoms with Crippen molar-refractivity contribution in [3.63, 3.8) is 0 Å². The molecule has 0 spiro atoms. The highest BCUT2D eigenvalue weighted by atomic mass is 35.5. The van der Waals surface area contributed by atoms with Crippen molar-refractivity contribution in [3.8, 4) is 0 Å². The van der Waals surface area contributed by atoms with E-state index in [0.29, 0.717) is 10.0 Å². The van der Waals surface area contributed by atoms with Gasteiger partial charge in [0.2, 0.25) is 0 Å². The molecule has 0 saturated carbocycles. The molecule has 0 aromatic heterocycles. The summed E-state index contributed by atoms with van der Waals surface area (Å²) < 4.78 is 0. The van der Waals surface area contributed by atoms with E-state index >= 15 is 0 Å². The SMILES string of the molecule is CC(C)(C)C(N)c1c(Cl)cccc1Cl. The second-order valence-electron chi connectivity index (χ2n) is 4.48. The molecule has 1 rings (SSSR count). The molecular formula is C11H15Cl2N. The molecule has 0 aliphatic carbocycles. The molecule has 0 aliphatic rings. The van der Waals surface area contributed by atoms with Crippen molar-refractivity contribution in [3.05, 3.63) is 33.8 Å². The van der Waals surface area contributed by atoms with E-state index in [4.69, 9.17) is 28.9 Å². The van der Waals surface area contributed by atoms with Crippen LogP contribution in [-0.4, -0.2) is 0 Å². The number of hydrogen-bond donors (Lipinski definition) is 1. The largest absolute Gasteiger partial charge is 0.323 e. The number of hydrogen-bond acceptors (Lipinski definition) is 1. The van der Waals surface area contributed by atoms with Crippen molar-refractivity contribution in [2.24, 2.45) is 11.1 Å². The minimum absolute atomic E-state index is 0.0470. The minimum Gasteiger partial charge on any atom is -0.323 e. The first kappa shape index (κ1) is 11.8. The van der Waals surface area contributed by atoms with Crippen LogP contribution in [0, 0.1) is 5.41 Å². The van der Waals surface area contributed by atoms with E-state index in [0.717, 1.165) is 5.56 Å². The molecular weight excluding hydrogens is 217 g/mol. The highest BCUT2D eigenvalue weighted by Crippen LogP contribution is 2.38. The zero-order valence-corrected chi connectivity index (χ0v) is 10.2. The third-order valence-electron chi connectivity index (χ3n) is 2.24. The zero-order valence-electron chi connectivity index (χ0n) is 8.64. The molecule has 1 atom stereocenters. The molecule has 1 unspecified atom stereocenters. The van der Waals surface area contributed by atoms with Crippen LogP contribution in [0.3, 0.4) is 0 Å². The fraction of sp³-hybridized carbons (Fsp3) is 0.455. The van der Waals surface area contributed by atoms with Gasteiger partial charge in [0, 0.05) is 21.7 Å². The molecule has 0 radical (unpaired) electrons. The number of nitrogens with two attached hydrogens (primary N) is 1. The summed E-state index contributed by atoms with van der Waals surface area (Å²) >= 11 is 12.1. The van der Waals surface area contributed by atoms with E-state index in [9.17, 15) is 0 Å². The summed E-state index contributed by atoms with van der Waals surface area (Å²) in [6, 6.07) is 5.30. The lowest BCUT2D eigenvalue weighted by atomic mass is 9.83. The molecule has 1 nitrogen and oxygen atoms in total. The fourth-order valence-corrected chi connectivity index (χ4v) is 1.87. The Morgan fingerprint density at radius 2 is 1.57 bits per heavy atom. The van der Waals surface area contributed by atoms with Crippen LogP contribution in [0.4, 0.5) is 0 Å². The summed E-state index contributed by atoms with van der Waals surface area (Å²) in [7, 11) is 0. The quantitative estimate of drug-likeness (QED) is 0.776. The van der Waals surface area contributed by atoms with Gasteiger partial charge in [-0.25, -0.2) is 0 Å². The van der Waals surface area contributed by atoms with Crippen LogP contribution in [0.1, 0.15) is 32.4 Å². The van der Waals surface area contributed by atoms with Gasteiger partial charge in [0.05, 0.1) is 0 Å². The number of halogens is 2. The lowest BCUT2D eigenvalue weighted by molar-refractivity contribution is 0.327. The average Bonchev–Trinajstić information content (AvgIpc) is 2.01. The van der Waals surface area contributed by atoms with Gasteiger partial charge in [-0.05, 0) is 17.5 Å². The van der Waals surface area contributed by atoms with Crippen LogP contribution >= 0.6 is 23.2 Å². The summed E-state index contributed by atoms with van der Waals surface area (Å²) in [5.74, 6) is 0. The minimum atomic E-state index is -0.149. The molecule has 1 aromatic carbocycles. The first-order valence-corrected chi connectivity index (χ1v) is 5.29. The third kappa shape index (κ3) is 2.41. The highest BCUT2D eigenvalue weighted by molar-refractivity contribution is 6.36. The lowest BCUT2D eigenvalue weighted by Crippen LogP contribution is -2.26. The van der Waals surface area contributed by atoms with Gasteiger partial charge in [0.25, 0.3) is 0 Å². The van der Waals surface area contributed by atoms with Gasteiger partial charge in [-0.1, -0.05) is 50.0 Å². The summed E-state index contributed by atoms with van der Waals surface area (Å²) in [5.41, 5.74) is 6.89. The summed E-state index contributed by atoms with van der Waals surface area (Å²) in [6.07, 6.45) is 0. The predicted molar refractivity (Wildman–Crippen MR) is 62.8 cm³/mol. The van der Waals surface area contributed by atoms with Gasteiger partial charge in [-0.15, -0.1) is 0 Å². The molecule has 3 heteroatoms. The van der Waals surface area contributed by atoms with Gasteiger partial charge < -0.3 is 5.73 Å². The topological polar surface area (TPSA) is 26.0 Å². The fourth-order valence-electron chi connectivity index (χ4n) is 1.24. The maximum Gasteiger partial charge on any atom is 0.0468 e. The standard InChI is InChI=1S/C11H15Cl2N/c1-11(2,3)10(14)9-7(12)5-4-6-8(9)13/h4-6,10H,14H2,1-3H3. The smallest absolute Gasteiger partial charge is 0.0468 e. The molecule has 0 fully saturated rings. The molecule has 14 heavy (non-hydrogen) atoms. The first-order chi connectivity index (χ1) is 6.34. The Bertz CT molecular complexity index is 308. The van der Waals surface area contributed by atoms with Crippen LogP contribution in [0.25, 0.3) is 0 Å². The van der Waals surface area contributed by atoms with Crippen LogP contribution < -0.4 is 5.73 Å². The van der Waals surface area contributed by atoms with E-state index in [2.05, 4.69) is 20.8 Å². The predicted octanol–water partition coefficient (Wildman–Crippen LogP) is 4.04. The monoisotopic (exact) mass is 231 g/mol. The molecule has 2 N–H and O–H groups in total. The second kappa shape index (κ2) is 4.09. The van der Waals surface area contributed by atoms with Gasteiger partial charge in [0.1, 0.15) is 0 Å². The van der Waals surface area contributed by atoms with Gasteiger partial charge >= 0.3 is 0 Å². The average molecular weight is 232 g/mol. The van der Waals surface area contributed by atoms with Crippen molar-refractivity contribution < 1.29 is 0 Å². The van der Waals surface area contributed by atoms with Gasteiger partial charge in [0.15, 0.2) is 0 Å². The zero-order chi connectivity index (χ0) is 10.9. The number of benzene rings is 1. The maximum atomic E-state index is 6.10. The molecule has 0 bridgehead atoms. The van der Waals surface area contributed by atoms with Crippen LogP contribution in [0.2, 0.25) is 10.0 Å². The van der Waals surface area contributed by atoms with Crippen molar-refractivity contribution >= 4 is 23.2 Å². The third-order valence-corrected chi connectivity index (χ3v) is 2.90. The Morgan fingerprint density at radius 3 is 1.93 bits per heavy atom. The molecule has 0 amide bonds. The van der Waals surface area contributed by atoms with Crippen molar-refractivity contribution in [2.75, 3.05) is 0 Å². The van der Waals surface area contributed by atoms with E-state index in [-0.39, 0.29) is 11.5 Å². The summed E-state index contributed by atoms with van der Waals surface area (Å²) in [4.78, 5) is 0. The second-order valence-corrected chi connectivity index (χ2v) is 5.29.